The van der Waals surface area contributed by atoms with Crippen LogP contribution < -0.4 is 0 Å². The molecule has 90 valence electrons. The average Bonchev–Trinajstić information content (AvgIpc) is 2.34. The SMILES string of the molecule is CCCCC(Cl)c1ccc(CCOC)cc1. The second-order valence-electron chi connectivity index (χ2n) is 4.09. The standard InChI is InChI=1S/C14H21ClO/c1-3-4-5-14(15)13-8-6-12(7-9-13)10-11-16-2/h6-9,14H,3-5,10-11H2,1-2H3. The molecule has 1 aromatic rings. The van der Waals surface area contributed by atoms with Crippen molar-refractivity contribution >= 4 is 11.6 Å². The maximum atomic E-state index is 6.32. The number of ether oxygens (including phenoxy) is 1. The summed E-state index contributed by atoms with van der Waals surface area (Å²) in [5.74, 6) is 0. The highest BCUT2D eigenvalue weighted by atomic mass is 35.5. The number of unbranched alkanes of at least 4 members (excludes halogenated alkanes) is 1. The highest BCUT2D eigenvalue weighted by molar-refractivity contribution is 6.20. The lowest BCUT2D eigenvalue weighted by Crippen LogP contribution is -1.95. The molecule has 1 rings (SSSR count). The minimum atomic E-state index is 0.163. The lowest BCUT2D eigenvalue weighted by atomic mass is 10.0. The quantitative estimate of drug-likeness (QED) is 0.644. The molecule has 0 heterocycles. The molecule has 0 N–H and O–H groups in total. The Balaban J connectivity index is 2.49. The van der Waals surface area contributed by atoms with E-state index in [2.05, 4.69) is 31.2 Å². The van der Waals surface area contributed by atoms with Crippen LogP contribution in [0.1, 0.15) is 42.7 Å². The van der Waals surface area contributed by atoms with Gasteiger partial charge >= 0.3 is 0 Å². The minimum absolute atomic E-state index is 0.163. The number of hydrogen-bond acceptors (Lipinski definition) is 1. The normalized spacial score (nSPS) is 12.7. The highest BCUT2D eigenvalue weighted by Crippen LogP contribution is 2.26. The van der Waals surface area contributed by atoms with E-state index >= 15 is 0 Å². The van der Waals surface area contributed by atoms with Gasteiger partial charge in [-0.25, -0.2) is 0 Å². The third kappa shape index (κ3) is 4.54. The molecule has 0 amide bonds. The van der Waals surface area contributed by atoms with Crippen molar-refractivity contribution < 1.29 is 4.74 Å². The summed E-state index contributed by atoms with van der Waals surface area (Å²) in [4.78, 5) is 0. The van der Waals surface area contributed by atoms with Crippen LogP contribution in [0.2, 0.25) is 0 Å². The maximum Gasteiger partial charge on any atom is 0.0585 e. The maximum absolute atomic E-state index is 6.32. The predicted molar refractivity (Wildman–Crippen MR) is 70.1 cm³/mol. The summed E-state index contributed by atoms with van der Waals surface area (Å²) in [6, 6.07) is 8.57. The van der Waals surface area contributed by atoms with Crippen molar-refractivity contribution in [2.24, 2.45) is 0 Å². The van der Waals surface area contributed by atoms with Gasteiger partial charge in [-0.15, -0.1) is 11.6 Å². The lowest BCUT2D eigenvalue weighted by molar-refractivity contribution is 0.202. The first-order valence-corrected chi connectivity index (χ1v) is 6.43. The zero-order valence-corrected chi connectivity index (χ0v) is 11.0. The van der Waals surface area contributed by atoms with Crippen LogP contribution in [0.25, 0.3) is 0 Å². The van der Waals surface area contributed by atoms with Gasteiger partial charge in [-0.2, -0.15) is 0 Å². The topological polar surface area (TPSA) is 9.23 Å². The molecule has 1 aromatic carbocycles. The van der Waals surface area contributed by atoms with Crippen LogP contribution in [0, 0.1) is 0 Å². The molecule has 0 aliphatic rings. The van der Waals surface area contributed by atoms with Crippen LogP contribution in [0.15, 0.2) is 24.3 Å². The molecular formula is C14H21ClO. The van der Waals surface area contributed by atoms with Crippen molar-refractivity contribution in [3.05, 3.63) is 35.4 Å². The minimum Gasteiger partial charge on any atom is -0.384 e. The fraction of sp³-hybridized carbons (Fsp3) is 0.571. The molecule has 0 spiro atoms. The highest BCUT2D eigenvalue weighted by Gasteiger charge is 2.06. The third-order valence-corrected chi connectivity index (χ3v) is 3.22. The van der Waals surface area contributed by atoms with Gasteiger partial charge in [0.1, 0.15) is 0 Å². The average molecular weight is 241 g/mol. The number of methoxy groups -OCH3 is 1. The molecule has 0 saturated carbocycles. The van der Waals surface area contributed by atoms with E-state index in [1.165, 1.54) is 24.0 Å². The molecule has 0 aliphatic heterocycles. The van der Waals surface area contributed by atoms with Crippen LogP contribution in [0.5, 0.6) is 0 Å². The molecule has 1 atom stereocenters. The monoisotopic (exact) mass is 240 g/mol. The Kier molecular flexibility index (Phi) is 6.51. The molecule has 0 fully saturated rings. The van der Waals surface area contributed by atoms with E-state index in [1.807, 2.05) is 0 Å². The Hall–Kier alpha value is -0.530. The zero-order valence-electron chi connectivity index (χ0n) is 10.2. The molecular weight excluding hydrogens is 220 g/mol. The Morgan fingerprint density at radius 1 is 1.25 bits per heavy atom. The van der Waals surface area contributed by atoms with Gasteiger partial charge in [0.2, 0.25) is 0 Å². The van der Waals surface area contributed by atoms with Crippen molar-refractivity contribution in [1.82, 2.24) is 0 Å². The van der Waals surface area contributed by atoms with Crippen molar-refractivity contribution in [1.29, 1.82) is 0 Å². The number of rotatable bonds is 7. The number of benzene rings is 1. The zero-order chi connectivity index (χ0) is 11.8. The summed E-state index contributed by atoms with van der Waals surface area (Å²) in [6.45, 7) is 2.97. The molecule has 0 radical (unpaired) electrons. The van der Waals surface area contributed by atoms with Crippen molar-refractivity contribution in [3.8, 4) is 0 Å². The second kappa shape index (κ2) is 7.70. The molecule has 0 aromatic heterocycles. The van der Waals surface area contributed by atoms with Gasteiger partial charge < -0.3 is 4.74 Å². The summed E-state index contributed by atoms with van der Waals surface area (Å²) in [7, 11) is 1.73. The van der Waals surface area contributed by atoms with Crippen molar-refractivity contribution in [2.45, 2.75) is 38.0 Å². The van der Waals surface area contributed by atoms with E-state index in [1.54, 1.807) is 7.11 Å². The molecule has 0 saturated heterocycles. The Morgan fingerprint density at radius 2 is 1.94 bits per heavy atom. The first kappa shape index (κ1) is 13.5. The van der Waals surface area contributed by atoms with Gasteiger partial charge in [-0.3, -0.25) is 0 Å². The Bertz CT molecular complexity index is 281. The van der Waals surface area contributed by atoms with Crippen molar-refractivity contribution in [2.75, 3.05) is 13.7 Å². The largest absolute Gasteiger partial charge is 0.384 e. The van der Waals surface area contributed by atoms with Crippen molar-refractivity contribution in [3.63, 3.8) is 0 Å². The van der Waals surface area contributed by atoms with E-state index in [0.29, 0.717) is 0 Å². The Labute approximate surface area is 104 Å². The first-order valence-electron chi connectivity index (χ1n) is 5.99. The van der Waals surface area contributed by atoms with E-state index in [0.717, 1.165) is 19.4 Å². The van der Waals surface area contributed by atoms with E-state index < -0.39 is 0 Å². The lowest BCUT2D eigenvalue weighted by Gasteiger charge is -2.09. The van der Waals surface area contributed by atoms with Gasteiger partial charge in [0, 0.05) is 7.11 Å². The summed E-state index contributed by atoms with van der Waals surface area (Å²) in [6.07, 6.45) is 4.43. The van der Waals surface area contributed by atoms with Gasteiger partial charge in [0.15, 0.2) is 0 Å². The van der Waals surface area contributed by atoms with Crippen LogP contribution in [0.4, 0.5) is 0 Å². The fourth-order valence-corrected chi connectivity index (χ4v) is 1.96. The fourth-order valence-electron chi connectivity index (χ4n) is 1.66. The predicted octanol–water partition coefficient (Wildman–Crippen LogP) is 4.35. The summed E-state index contributed by atoms with van der Waals surface area (Å²) in [5, 5.41) is 0.163. The molecule has 16 heavy (non-hydrogen) atoms. The molecule has 1 unspecified atom stereocenters. The summed E-state index contributed by atoms with van der Waals surface area (Å²) in [5.41, 5.74) is 2.54. The Morgan fingerprint density at radius 3 is 2.50 bits per heavy atom. The molecule has 0 aliphatic carbocycles. The third-order valence-electron chi connectivity index (χ3n) is 2.75. The summed E-state index contributed by atoms with van der Waals surface area (Å²) >= 11 is 6.32. The van der Waals surface area contributed by atoms with Crippen LogP contribution in [0.3, 0.4) is 0 Å². The van der Waals surface area contributed by atoms with Crippen LogP contribution in [-0.4, -0.2) is 13.7 Å². The second-order valence-corrected chi connectivity index (χ2v) is 4.62. The van der Waals surface area contributed by atoms with Gasteiger partial charge in [-0.1, -0.05) is 44.0 Å². The first-order chi connectivity index (χ1) is 7.77. The molecule has 0 bridgehead atoms. The summed E-state index contributed by atoms with van der Waals surface area (Å²) < 4.78 is 5.05. The smallest absolute Gasteiger partial charge is 0.0585 e. The van der Waals surface area contributed by atoms with E-state index in [9.17, 15) is 0 Å². The van der Waals surface area contributed by atoms with E-state index in [4.69, 9.17) is 16.3 Å². The van der Waals surface area contributed by atoms with Gasteiger partial charge in [0.05, 0.1) is 12.0 Å². The molecule has 2 heteroatoms. The number of halogens is 1. The van der Waals surface area contributed by atoms with E-state index in [-0.39, 0.29) is 5.38 Å². The number of hydrogen-bond donors (Lipinski definition) is 0. The van der Waals surface area contributed by atoms with Gasteiger partial charge in [0.25, 0.3) is 0 Å². The van der Waals surface area contributed by atoms with Gasteiger partial charge in [-0.05, 0) is 24.0 Å². The molecule has 1 nitrogen and oxygen atoms in total. The number of alkyl halides is 1. The van der Waals surface area contributed by atoms with Crippen LogP contribution >= 0.6 is 11.6 Å². The van der Waals surface area contributed by atoms with Crippen LogP contribution in [-0.2, 0) is 11.2 Å².